The molecular weight excluding hydrogens is 228 g/mol. The summed E-state index contributed by atoms with van der Waals surface area (Å²) in [6.07, 6.45) is 0.802. The molecule has 0 bridgehead atoms. The summed E-state index contributed by atoms with van der Waals surface area (Å²) >= 11 is 0. The molecule has 0 aliphatic rings. The van der Waals surface area contributed by atoms with E-state index in [9.17, 15) is 4.79 Å². The number of hydrogen-bond acceptors (Lipinski definition) is 3. The number of amides is 1. The molecule has 1 rings (SSSR count). The number of hydrogen-bond donors (Lipinski definition) is 2. The molecule has 1 amide bonds. The Hall–Kier alpha value is -1.39. The second kappa shape index (κ2) is 7.84. The Labute approximate surface area is 109 Å². The average Bonchev–Trinajstić information content (AvgIpc) is 2.33. The van der Waals surface area contributed by atoms with E-state index in [4.69, 9.17) is 10.5 Å². The topological polar surface area (TPSA) is 64.3 Å². The first-order valence-electron chi connectivity index (χ1n) is 6.28. The van der Waals surface area contributed by atoms with Crippen molar-refractivity contribution < 1.29 is 9.53 Å². The van der Waals surface area contributed by atoms with Crippen LogP contribution in [0.4, 0.5) is 0 Å². The molecule has 1 aromatic rings. The minimum absolute atomic E-state index is 0.0219. The minimum atomic E-state index is -0.0219. The number of carbonyl (C=O) groups excluding carboxylic acids is 1. The Morgan fingerprint density at radius 2 is 2.11 bits per heavy atom. The number of aryl methyl sites for hydroxylation is 2. The van der Waals surface area contributed by atoms with Gasteiger partial charge < -0.3 is 15.8 Å². The van der Waals surface area contributed by atoms with E-state index >= 15 is 0 Å². The maximum Gasteiger partial charge on any atom is 0.251 e. The van der Waals surface area contributed by atoms with Crippen LogP contribution in [0.15, 0.2) is 18.2 Å². The molecule has 3 N–H and O–H groups in total. The first-order valence-corrected chi connectivity index (χ1v) is 6.28. The lowest BCUT2D eigenvalue weighted by atomic mass is 10.1. The van der Waals surface area contributed by atoms with Crippen molar-refractivity contribution in [3.05, 3.63) is 34.9 Å². The molecule has 0 unspecified atom stereocenters. The zero-order valence-electron chi connectivity index (χ0n) is 11.2. The largest absolute Gasteiger partial charge is 0.380 e. The van der Waals surface area contributed by atoms with E-state index < -0.39 is 0 Å². The number of rotatable bonds is 7. The molecule has 0 aliphatic carbocycles. The molecule has 100 valence electrons. The van der Waals surface area contributed by atoms with Crippen molar-refractivity contribution in [1.29, 1.82) is 0 Å². The molecule has 0 aliphatic heterocycles. The van der Waals surface area contributed by atoms with Crippen LogP contribution in [0.2, 0.25) is 0 Å². The third-order valence-corrected chi connectivity index (χ3v) is 2.64. The lowest BCUT2D eigenvalue weighted by Gasteiger charge is -2.08. The lowest BCUT2D eigenvalue weighted by Crippen LogP contribution is -2.26. The number of nitrogens with two attached hydrogens (primary N) is 1. The van der Waals surface area contributed by atoms with Gasteiger partial charge in [-0.1, -0.05) is 17.7 Å². The van der Waals surface area contributed by atoms with Crippen LogP contribution < -0.4 is 11.1 Å². The van der Waals surface area contributed by atoms with E-state index in [2.05, 4.69) is 5.32 Å². The third kappa shape index (κ3) is 4.85. The molecule has 0 radical (unpaired) electrons. The summed E-state index contributed by atoms with van der Waals surface area (Å²) in [4.78, 5) is 11.9. The summed E-state index contributed by atoms with van der Waals surface area (Å²) in [7, 11) is 0. The van der Waals surface area contributed by atoms with Gasteiger partial charge in [0.1, 0.15) is 0 Å². The molecular formula is C14H22N2O2. The summed E-state index contributed by atoms with van der Waals surface area (Å²) in [5, 5.41) is 2.89. The van der Waals surface area contributed by atoms with Crippen molar-refractivity contribution in [2.24, 2.45) is 5.73 Å². The van der Waals surface area contributed by atoms with Crippen molar-refractivity contribution in [1.82, 2.24) is 5.32 Å². The number of nitrogens with one attached hydrogen (secondary N) is 1. The molecule has 1 aromatic carbocycles. The molecule has 0 saturated carbocycles. The summed E-state index contributed by atoms with van der Waals surface area (Å²) < 4.78 is 5.23. The predicted octanol–water partition coefficient (Wildman–Crippen LogP) is 1.40. The fourth-order valence-corrected chi connectivity index (χ4v) is 1.73. The molecule has 0 saturated heterocycles. The quantitative estimate of drug-likeness (QED) is 0.719. The average molecular weight is 250 g/mol. The molecule has 18 heavy (non-hydrogen) atoms. The van der Waals surface area contributed by atoms with Crippen LogP contribution in [0.5, 0.6) is 0 Å². The molecule has 4 heteroatoms. The van der Waals surface area contributed by atoms with Crippen LogP contribution in [0, 0.1) is 13.8 Å². The molecule has 0 fully saturated rings. The van der Waals surface area contributed by atoms with Gasteiger partial charge in [0, 0.05) is 25.3 Å². The first-order chi connectivity index (χ1) is 8.65. The van der Waals surface area contributed by atoms with Gasteiger partial charge >= 0.3 is 0 Å². The van der Waals surface area contributed by atoms with Crippen molar-refractivity contribution in [3.8, 4) is 0 Å². The van der Waals surface area contributed by atoms with Crippen molar-refractivity contribution in [2.75, 3.05) is 26.3 Å². The normalized spacial score (nSPS) is 10.4. The Bertz CT molecular complexity index is 391. The third-order valence-electron chi connectivity index (χ3n) is 2.64. The highest BCUT2D eigenvalue weighted by Crippen LogP contribution is 2.10. The Morgan fingerprint density at radius 1 is 1.33 bits per heavy atom. The zero-order valence-corrected chi connectivity index (χ0v) is 11.2. The molecule has 0 heterocycles. The summed E-state index contributed by atoms with van der Waals surface area (Å²) in [5.74, 6) is -0.0219. The smallest absolute Gasteiger partial charge is 0.251 e. The second-order valence-corrected chi connectivity index (χ2v) is 4.33. The van der Waals surface area contributed by atoms with E-state index in [0.29, 0.717) is 26.3 Å². The first kappa shape index (κ1) is 14.7. The van der Waals surface area contributed by atoms with Crippen LogP contribution in [0.1, 0.15) is 27.9 Å². The van der Waals surface area contributed by atoms with E-state index in [1.54, 1.807) is 0 Å². The standard InChI is InChI=1S/C14H22N2O2/c1-11-4-5-13(12(2)10-11)14(17)16-7-3-8-18-9-6-15/h4-5,10H,3,6-9,15H2,1-2H3,(H,16,17). The highest BCUT2D eigenvalue weighted by Gasteiger charge is 2.07. The summed E-state index contributed by atoms with van der Waals surface area (Å²) in [5.41, 5.74) is 8.21. The maximum absolute atomic E-state index is 11.9. The highest BCUT2D eigenvalue weighted by atomic mass is 16.5. The minimum Gasteiger partial charge on any atom is -0.380 e. The van der Waals surface area contributed by atoms with Crippen LogP contribution in [0.25, 0.3) is 0 Å². The maximum atomic E-state index is 11.9. The molecule has 0 atom stereocenters. The van der Waals surface area contributed by atoms with Gasteiger partial charge in [-0.05, 0) is 31.9 Å². The number of carbonyl (C=O) groups is 1. The summed E-state index contributed by atoms with van der Waals surface area (Å²) in [6, 6.07) is 5.83. The Balaban J connectivity index is 2.32. The van der Waals surface area contributed by atoms with Crippen LogP contribution in [-0.4, -0.2) is 32.2 Å². The Kier molecular flexibility index (Phi) is 6.39. The van der Waals surface area contributed by atoms with E-state index in [0.717, 1.165) is 17.5 Å². The van der Waals surface area contributed by atoms with Crippen LogP contribution >= 0.6 is 0 Å². The second-order valence-electron chi connectivity index (χ2n) is 4.33. The molecule has 0 spiro atoms. The van der Waals surface area contributed by atoms with E-state index in [1.807, 2.05) is 32.0 Å². The fourth-order valence-electron chi connectivity index (χ4n) is 1.73. The van der Waals surface area contributed by atoms with Gasteiger partial charge in [0.15, 0.2) is 0 Å². The Morgan fingerprint density at radius 3 is 2.78 bits per heavy atom. The molecule has 0 aromatic heterocycles. The van der Waals surface area contributed by atoms with E-state index in [-0.39, 0.29) is 5.91 Å². The zero-order chi connectivity index (χ0) is 13.4. The lowest BCUT2D eigenvalue weighted by molar-refractivity contribution is 0.0942. The fraction of sp³-hybridized carbons (Fsp3) is 0.500. The van der Waals surface area contributed by atoms with Crippen molar-refractivity contribution in [2.45, 2.75) is 20.3 Å². The monoisotopic (exact) mass is 250 g/mol. The highest BCUT2D eigenvalue weighted by molar-refractivity contribution is 5.95. The van der Waals surface area contributed by atoms with Gasteiger partial charge in [-0.3, -0.25) is 4.79 Å². The number of benzene rings is 1. The van der Waals surface area contributed by atoms with Crippen molar-refractivity contribution >= 4 is 5.91 Å². The van der Waals surface area contributed by atoms with Crippen molar-refractivity contribution in [3.63, 3.8) is 0 Å². The van der Waals surface area contributed by atoms with Gasteiger partial charge in [0.2, 0.25) is 0 Å². The van der Waals surface area contributed by atoms with Gasteiger partial charge in [0.05, 0.1) is 6.61 Å². The van der Waals surface area contributed by atoms with Gasteiger partial charge in [-0.2, -0.15) is 0 Å². The SMILES string of the molecule is Cc1ccc(C(=O)NCCCOCCN)c(C)c1. The van der Waals surface area contributed by atoms with Crippen LogP contribution in [-0.2, 0) is 4.74 Å². The molecule has 4 nitrogen and oxygen atoms in total. The number of ether oxygens (including phenoxy) is 1. The van der Waals surface area contributed by atoms with Gasteiger partial charge in [-0.25, -0.2) is 0 Å². The van der Waals surface area contributed by atoms with Crippen LogP contribution in [0.3, 0.4) is 0 Å². The van der Waals surface area contributed by atoms with E-state index in [1.165, 1.54) is 5.56 Å². The summed E-state index contributed by atoms with van der Waals surface area (Å²) in [6.45, 7) is 6.33. The van der Waals surface area contributed by atoms with Gasteiger partial charge in [-0.15, -0.1) is 0 Å². The van der Waals surface area contributed by atoms with Gasteiger partial charge in [0.25, 0.3) is 5.91 Å². The predicted molar refractivity (Wildman–Crippen MR) is 72.7 cm³/mol.